The number of likely N-dealkylation sites (tertiary alicyclic amines) is 1. The number of aromatic nitrogens is 2. The van der Waals surface area contributed by atoms with Gasteiger partial charge in [0.05, 0.1) is 6.54 Å². The van der Waals surface area contributed by atoms with E-state index in [1.54, 1.807) is 11.1 Å². The number of hydrogen-bond acceptors (Lipinski definition) is 3. The van der Waals surface area contributed by atoms with Crippen molar-refractivity contribution < 1.29 is 9.59 Å². The quantitative estimate of drug-likeness (QED) is 0.546. The lowest BCUT2D eigenvalue weighted by Gasteiger charge is -2.38. The molecule has 28 heavy (non-hydrogen) atoms. The second kappa shape index (κ2) is 7.72. The van der Waals surface area contributed by atoms with E-state index < -0.39 is 0 Å². The Morgan fingerprint density at radius 3 is 2.82 bits per heavy atom. The molecule has 0 unspecified atom stereocenters. The molecule has 0 saturated carbocycles. The molecule has 5 nitrogen and oxygen atoms in total. The van der Waals surface area contributed by atoms with E-state index in [9.17, 15) is 9.59 Å². The van der Waals surface area contributed by atoms with E-state index in [0.29, 0.717) is 26.1 Å². The highest BCUT2D eigenvalue weighted by atomic mass is 79.9. The number of ketones is 1. The Morgan fingerprint density at radius 2 is 2.11 bits per heavy atom. The van der Waals surface area contributed by atoms with Crippen LogP contribution in [0.1, 0.15) is 6.42 Å². The van der Waals surface area contributed by atoms with Gasteiger partial charge < -0.3 is 9.47 Å². The van der Waals surface area contributed by atoms with Crippen molar-refractivity contribution in [2.45, 2.75) is 13.0 Å². The highest BCUT2D eigenvalue weighted by Crippen LogP contribution is 2.32. The largest absolute Gasteiger partial charge is 0.339 e. The Hall–Kier alpha value is -2.73. The third-order valence-corrected chi connectivity index (χ3v) is 5.62. The van der Waals surface area contributed by atoms with E-state index >= 15 is 0 Å². The summed E-state index contributed by atoms with van der Waals surface area (Å²) in [5.41, 5.74) is 3.10. The molecule has 6 heteroatoms. The topological polar surface area (TPSA) is 55.2 Å². The predicted octanol–water partition coefficient (Wildman–Crippen LogP) is 4.07. The summed E-state index contributed by atoms with van der Waals surface area (Å²) in [5, 5.41) is 1.08. The van der Waals surface area contributed by atoms with Crippen LogP contribution >= 0.6 is 15.9 Å². The molecular weight excluding hydrogens is 418 g/mol. The summed E-state index contributed by atoms with van der Waals surface area (Å²) in [6.45, 7) is 5.09. The summed E-state index contributed by atoms with van der Waals surface area (Å²) >= 11 is 3.54. The van der Waals surface area contributed by atoms with Gasteiger partial charge in [0, 0.05) is 70.5 Å². The van der Waals surface area contributed by atoms with E-state index in [1.807, 2.05) is 41.2 Å². The zero-order valence-corrected chi connectivity index (χ0v) is 16.9. The molecule has 142 valence electrons. The number of rotatable bonds is 6. The third-order valence-electron chi connectivity index (χ3n) is 5.12. The van der Waals surface area contributed by atoms with Crippen molar-refractivity contribution in [3.8, 4) is 11.1 Å². The van der Waals surface area contributed by atoms with Gasteiger partial charge in [0.2, 0.25) is 5.91 Å². The molecule has 0 radical (unpaired) electrons. The van der Waals surface area contributed by atoms with Crippen LogP contribution in [-0.2, 0) is 16.1 Å². The molecule has 0 N–H and O–H groups in total. The molecule has 1 aromatic carbocycles. The molecule has 0 atom stereocenters. The first-order valence-electron chi connectivity index (χ1n) is 9.17. The summed E-state index contributed by atoms with van der Waals surface area (Å²) in [6.07, 6.45) is 7.42. The SMILES string of the molecule is C=CC(=O)N1CC(CC(=O)Cn2cc(-c3cccnc3)c3cc(Br)ccc32)C1. The molecule has 4 rings (SSSR count). The maximum absolute atomic E-state index is 12.7. The summed E-state index contributed by atoms with van der Waals surface area (Å²) in [4.78, 5) is 30.1. The van der Waals surface area contributed by atoms with Crippen molar-refractivity contribution in [3.05, 3.63) is 66.1 Å². The van der Waals surface area contributed by atoms with Crippen LogP contribution < -0.4 is 0 Å². The maximum Gasteiger partial charge on any atom is 0.245 e. The highest BCUT2D eigenvalue weighted by molar-refractivity contribution is 9.10. The van der Waals surface area contributed by atoms with Crippen molar-refractivity contribution in [1.82, 2.24) is 14.5 Å². The van der Waals surface area contributed by atoms with Crippen LogP contribution in [0, 0.1) is 5.92 Å². The molecule has 1 saturated heterocycles. The van der Waals surface area contributed by atoms with E-state index in [4.69, 9.17) is 0 Å². The summed E-state index contributed by atoms with van der Waals surface area (Å²) < 4.78 is 3.01. The van der Waals surface area contributed by atoms with Crippen molar-refractivity contribution in [1.29, 1.82) is 0 Å². The van der Waals surface area contributed by atoms with Crippen LogP contribution in [-0.4, -0.2) is 39.2 Å². The van der Waals surface area contributed by atoms with Gasteiger partial charge in [-0.05, 0) is 30.3 Å². The zero-order chi connectivity index (χ0) is 19.7. The van der Waals surface area contributed by atoms with Gasteiger partial charge in [0.1, 0.15) is 0 Å². The standard InChI is InChI=1S/C22H20BrN3O2/c1-2-22(28)26-11-15(12-26)8-18(27)13-25-14-20(16-4-3-7-24-10-16)19-9-17(23)5-6-21(19)25/h2-7,9-10,14-15H,1,8,11-13H2. The summed E-state index contributed by atoms with van der Waals surface area (Å²) in [7, 11) is 0. The fourth-order valence-corrected chi connectivity index (χ4v) is 4.10. The van der Waals surface area contributed by atoms with Crippen LogP contribution in [0.5, 0.6) is 0 Å². The average Bonchev–Trinajstić information content (AvgIpc) is 3.02. The van der Waals surface area contributed by atoms with Gasteiger partial charge in [-0.3, -0.25) is 14.6 Å². The Kier molecular flexibility index (Phi) is 5.13. The van der Waals surface area contributed by atoms with Crippen molar-refractivity contribution in [2.75, 3.05) is 13.1 Å². The van der Waals surface area contributed by atoms with Crippen LogP contribution in [0.2, 0.25) is 0 Å². The first-order valence-corrected chi connectivity index (χ1v) is 9.96. The Labute approximate surface area is 171 Å². The van der Waals surface area contributed by atoms with E-state index in [0.717, 1.165) is 26.5 Å². The molecule has 1 amide bonds. The van der Waals surface area contributed by atoms with Gasteiger partial charge >= 0.3 is 0 Å². The van der Waals surface area contributed by atoms with Crippen molar-refractivity contribution in [3.63, 3.8) is 0 Å². The number of hydrogen-bond donors (Lipinski definition) is 0. The molecule has 0 aliphatic carbocycles. The number of halogens is 1. The number of Topliss-reactive ketones (excluding diaryl/α,β-unsaturated/α-hetero) is 1. The van der Waals surface area contributed by atoms with Crippen molar-refractivity contribution >= 4 is 38.5 Å². The first-order chi connectivity index (χ1) is 13.5. The number of nitrogens with zero attached hydrogens (tertiary/aromatic N) is 3. The first kappa shape index (κ1) is 18.6. The van der Waals surface area contributed by atoms with Crippen LogP contribution in [0.4, 0.5) is 0 Å². The molecule has 0 spiro atoms. The van der Waals surface area contributed by atoms with E-state index in [-0.39, 0.29) is 17.6 Å². The van der Waals surface area contributed by atoms with E-state index in [2.05, 4.69) is 33.6 Å². The maximum atomic E-state index is 12.7. The second-order valence-corrected chi connectivity index (χ2v) is 8.05. The Balaban J connectivity index is 1.54. The Morgan fingerprint density at radius 1 is 1.29 bits per heavy atom. The predicted molar refractivity (Wildman–Crippen MR) is 113 cm³/mol. The third kappa shape index (κ3) is 3.64. The number of carbonyl (C=O) groups is 2. The van der Waals surface area contributed by atoms with Gasteiger partial charge in [0.25, 0.3) is 0 Å². The molecule has 3 heterocycles. The van der Waals surface area contributed by atoms with Gasteiger partial charge in [-0.2, -0.15) is 0 Å². The normalized spacial score (nSPS) is 14.1. The van der Waals surface area contributed by atoms with Crippen LogP contribution in [0.3, 0.4) is 0 Å². The van der Waals surface area contributed by atoms with Gasteiger partial charge in [-0.25, -0.2) is 0 Å². The average molecular weight is 438 g/mol. The molecule has 0 bridgehead atoms. The fourth-order valence-electron chi connectivity index (χ4n) is 3.74. The van der Waals surface area contributed by atoms with Crippen molar-refractivity contribution in [2.24, 2.45) is 5.92 Å². The lowest BCUT2D eigenvalue weighted by Crippen LogP contribution is -2.50. The zero-order valence-electron chi connectivity index (χ0n) is 15.3. The fraction of sp³-hybridized carbons (Fsp3) is 0.227. The minimum absolute atomic E-state index is 0.0632. The number of carbonyl (C=O) groups excluding carboxylic acids is 2. The molecular formula is C22H20BrN3O2. The van der Waals surface area contributed by atoms with Gasteiger partial charge in [-0.1, -0.05) is 28.6 Å². The summed E-state index contributed by atoms with van der Waals surface area (Å²) in [6, 6.07) is 10.0. The second-order valence-electron chi connectivity index (χ2n) is 7.13. The van der Waals surface area contributed by atoms with Gasteiger partial charge in [-0.15, -0.1) is 0 Å². The number of fused-ring (bicyclic) bond motifs is 1. The minimum Gasteiger partial charge on any atom is -0.339 e. The molecule has 2 aromatic heterocycles. The molecule has 3 aromatic rings. The number of amides is 1. The highest BCUT2D eigenvalue weighted by Gasteiger charge is 2.30. The monoisotopic (exact) mass is 437 g/mol. The lowest BCUT2D eigenvalue weighted by molar-refractivity contribution is -0.134. The van der Waals surface area contributed by atoms with Crippen LogP contribution in [0.25, 0.3) is 22.0 Å². The van der Waals surface area contributed by atoms with Crippen LogP contribution in [0.15, 0.2) is 66.1 Å². The number of pyridine rings is 1. The molecule has 1 fully saturated rings. The minimum atomic E-state index is -0.0632. The van der Waals surface area contributed by atoms with Gasteiger partial charge in [0.15, 0.2) is 5.78 Å². The van der Waals surface area contributed by atoms with E-state index in [1.165, 1.54) is 6.08 Å². The lowest BCUT2D eigenvalue weighted by atomic mass is 9.94. The Bertz CT molecular complexity index is 1050. The summed E-state index contributed by atoms with van der Waals surface area (Å²) in [5.74, 6) is 0.352. The molecule has 1 aliphatic heterocycles. The number of benzene rings is 1. The molecule has 1 aliphatic rings. The smallest absolute Gasteiger partial charge is 0.245 e.